The standard InChI is InChI=1S/C32H28N6O/c1-5-9-23(20-33)10-8-15-35-32-36-28-14-17-38(4)29(28)31(37-32)39-30-21(2)18-24(19-22(30)3)25-13-16-34-27-12-7-6-11-26(25)27/h5-19H,1-4H3,(H,35,36,37)/b9-5-,15-8+,23-10+. The van der Waals surface area contributed by atoms with Crippen molar-refractivity contribution < 1.29 is 4.74 Å². The zero-order valence-corrected chi connectivity index (χ0v) is 22.3. The average Bonchev–Trinajstić information content (AvgIpc) is 3.32. The third kappa shape index (κ3) is 5.27. The molecule has 0 bridgehead atoms. The number of aromatic nitrogens is 4. The second-order valence-corrected chi connectivity index (χ2v) is 9.17. The number of nitrogens with one attached hydrogen (secondary N) is 1. The first kappa shape index (κ1) is 25.4. The maximum Gasteiger partial charge on any atom is 0.249 e. The molecular weight excluding hydrogens is 484 g/mol. The summed E-state index contributed by atoms with van der Waals surface area (Å²) in [4.78, 5) is 13.8. The Morgan fingerprint density at radius 3 is 2.62 bits per heavy atom. The number of pyridine rings is 1. The number of hydrogen-bond acceptors (Lipinski definition) is 6. The highest BCUT2D eigenvalue weighted by Gasteiger charge is 2.16. The first-order valence-electron chi connectivity index (χ1n) is 12.6. The molecule has 7 nitrogen and oxygen atoms in total. The predicted molar refractivity (Wildman–Crippen MR) is 157 cm³/mol. The Labute approximate surface area is 227 Å². The monoisotopic (exact) mass is 512 g/mol. The van der Waals surface area contributed by atoms with Crippen LogP contribution in [-0.4, -0.2) is 19.5 Å². The lowest BCUT2D eigenvalue weighted by Crippen LogP contribution is -2.02. The minimum absolute atomic E-state index is 0.396. The van der Waals surface area contributed by atoms with Crippen LogP contribution in [0.5, 0.6) is 11.6 Å². The van der Waals surface area contributed by atoms with Crippen LogP contribution in [-0.2, 0) is 7.05 Å². The predicted octanol–water partition coefficient (Wildman–Crippen LogP) is 7.54. The lowest BCUT2D eigenvalue weighted by Gasteiger charge is -2.16. The fraction of sp³-hybridized carbons (Fsp3) is 0.125. The van der Waals surface area contributed by atoms with Gasteiger partial charge in [-0.05, 0) is 91.6 Å². The molecule has 0 atom stereocenters. The first-order valence-corrected chi connectivity index (χ1v) is 12.6. The normalized spacial score (nSPS) is 12.0. The summed E-state index contributed by atoms with van der Waals surface area (Å²) in [6.45, 7) is 5.96. The van der Waals surface area contributed by atoms with Crippen LogP contribution in [0.15, 0.2) is 97.0 Å². The minimum atomic E-state index is 0.396. The van der Waals surface area contributed by atoms with Gasteiger partial charge in [-0.25, -0.2) is 4.98 Å². The molecule has 7 heteroatoms. The van der Waals surface area contributed by atoms with Crippen LogP contribution in [0.1, 0.15) is 18.1 Å². The molecule has 3 aromatic heterocycles. The van der Waals surface area contributed by atoms with Crippen molar-refractivity contribution in [2.45, 2.75) is 20.8 Å². The minimum Gasteiger partial charge on any atom is -0.436 e. The number of rotatable bonds is 7. The quantitative estimate of drug-likeness (QED) is 0.179. The SMILES string of the molecule is C\C=C/C(C#N)=C\C=C\Nc1nc(Oc2c(C)cc(-c3ccnc4ccccc34)cc2C)c2c(ccn2C)n1. The van der Waals surface area contributed by atoms with Gasteiger partial charge >= 0.3 is 0 Å². The third-order valence-corrected chi connectivity index (χ3v) is 6.37. The van der Waals surface area contributed by atoms with Crippen LogP contribution >= 0.6 is 0 Å². The summed E-state index contributed by atoms with van der Waals surface area (Å²) in [5.74, 6) is 1.61. The van der Waals surface area contributed by atoms with Gasteiger partial charge in [0.05, 0.1) is 22.7 Å². The van der Waals surface area contributed by atoms with Crippen molar-refractivity contribution >= 4 is 27.9 Å². The summed E-state index contributed by atoms with van der Waals surface area (Å²) in [6.07, 6.45) is 12.5. The number of aryl methyl sites for hydroxylation is 3. The van der Waals surface area contributed by atoms with E-state index in [2.05, 4.69) is 44.5 Å². The van der Waals surface area contributed by atoms with Crippen molar-refractivity contribution in [3.8, 4) is 28.8 Å². The molecular formula is C32H28N6O. The van der Waals surface area contributed by atoms with Gasteiger partial charge in [0.1, 0.15) is 11.3 Å². The highest BCUT2D eigenvalue weighted by molar-refractivity contribution is 5.94. The number of anilines is 1. The van der Waals surface area contributed by atoms with E-state index in [0.29, 0.717) is 17.4 Å². The Hall–Kier alpha value is -5.22. The van der Waals surface area contributed by atoms with Crippen molar-refractivity contribution in [2.24, 2.45) is 7.05 Å². The molecule has 192 valence electrons. The molecule has 5 rings (SSSR count). The van der Waals surface area contributed by atoms with E-state index in [-0.39, 0.29) is 0 Å². The highest BCUT2D eigenvalue weighted by atomic mass is 16.5. The van der Waals surface area contributed by atoms with Crippen LogP contribution in [0.4, 0.5) is 5.95 Å². The van der Waals surface area contributed by atoms with Crippen molar-refractivity contribution in [3.63, 3.8) is 0 Å². The van der Waals surface area contributed by atoms with Crippen molar-refractivity contribution in [3.05, 3.63) is 108 Å². The van der Waals surface area contributed by atoms with Gasteiger partial charge < -0.3 is 14.6 Å². The van der Waals surface area contributed by atoms with Gasteiger partial charge in [0.15, 0.2) is 0 Å². The lowest BCUT2D eigenvalue weighted by molar-refractivity contribution is 0.459. The van der Waals surface area contributed by atoms with E-state index in [0.717, 1.165) is 49.9 Å². The topological polar surface area (TPSA) is 88.6 Å². The number of para-hydroxylation sites is 1. The molecule has 1 N–H and O–H groups in total. The molecule has 0 aliphatic carbocycles. The van der Waals surface area contributed by atoms with E-state index in [4.69, 9.17) is 4.74 Å². The van der Waals surface area contributed by atoms with Crippen LogP contribution < -0.4 is 10.1 Å². The second kappa shape index (κ2) is 11.0. The van der Waals surface area contributed by atoms with Gasteiger partial charge in [-0.1, -0.05) is 24.3 Å². The Morgan fingerprint density at radius 1 is 1.05 bits per heavy atom. The number of hydrogen-bond donors (Lipinski definition) is 1. The van der Waals surface area contributed by atoms with Crippen molar-refractivity contribution in [1.29, 1.82) is 5.26 Å². The molecule has 3 heterocycles. The van der Waals surface area contributed by atoms with Crippen LogP contribution in [0.3, 0.4) is 0 Å². The van der Waals surface area contributed by atoms with Crippen LogP contribution in [0.2, 0.25) is 0 Å². The first-order chi connectivity index (χ1) is 19.0. The van der Waals surface area contributed by atoms with E-state index in [1.54, 1.807) is 24.4 Å². The van der Waals surface area contributed by atoms with Gasteiger partial charge in [-0.15, -0.1) is 0 Å². The maximum atomic E-state index is 9.17. The average molecular weight is 513 g/mol. The summed E-state index contributed by atoms with van der Waals surface area (Å²) in [7, 11) is 1.94. The molecule has 0 spiro atoms. The van der Waals surface area contributed by atoms with Gasteiger partial charge in [-0.3, -0.25) is 4.98 Å². The number of ether oxygens (including phenoxy) is 1. The van der Waals surface area contributed by atoms with E-state index in [9.17, 15) is 5.26 Å². The van der Waals surface area contributed by atoms with Crippen LogP contribution in [0.25, 0.3) is 33.1 Å². The van der Waals surface area contributed by atoms with Gasteiger partial charge in [-0.2, -0.15) is 10.2 Å². The third-order valence-electron chi connectivity index (χ3n) is 6.37. The summed E-state index contributed by atoms with van der Waals surface area (Å²) < 4.78 is 8.44. The number of benzene rings is 2. The molecule has 0 fully saturated rings. The Morgan fingerprint density at radius 2 is 1.85 bits per heavy atom. The molecule has 0 radical (unpaired) electrons. The van der Waals surface area contributed by atoms with E-state index in [1.807, 2.05) is 81.2 Å². The molecule has 0 unspecified atom stereocenters. The highest BCUT2D eigenvalue weighted by Crippen LogP contribution is 2.37. The molecule has 0 amide bonds. The van der Waals surface area contributed by atoms with Crippen molar-refractivity contribution in [2.75, 3.05) is 5.32 Å². The molecule has 0 aliphatic rings. The largest absolute Gasteiger partial charge is 0.436 e. The van der Waals surface area contributed by atoms with Crippen LogP contribution in [0, 0.1) is 25.2 Å². The zero-order valence-electron chi connectivity index (χ0n) is 22.3. The molecule has 0 aliphatic heterocycles. The maximum absolute atomic E-state index is 9.17. The molecule has 0 saturated carbocycles. The number of nitrogens with zero attached hydrogens (tertiary/aromatic N) is 5. The Kier molecular flexibility index (Phi) is 7.19. The number of fused-ring (bicyclic) bond motifs is 2. The van der Waals surface area contributed by atoms with Crippen molar-refractivity contribution in [1.82, 2.24) is 19.5 Å². The van der Waals surface area contributed by atoms with E-state index < -0.39 is 0 Å². The smallest absolute Gasteiger partial charge is 0.249 e. The summed E-state index contributed by atoms with van der Waals surface area (Å²) in [5.41, 5.74) is 7.31. The molecule has 2 aromatic carbocycles. The second-order valence-electron chi connectivity index (χ2n) is 9.17. The summed E-state index contributed by atoms with van der Waals surface area (Å²) in [5, 5.41) is 13.4. The zero-order chi connectivity index (χ0) is 27.4. The fourth-order valence-electron chi connectivity index (χ4n) is 4.59. The van der Waals surface area contributed by atoms with E-state index in [1.165, 1.54) is 0 Å². The number of allylic oxidation sites excluding steroid dienone is 5. The van der Waals surface area contributed by atoms with E-state index >= 15 is 0 Å². The summed E-state index contributed by atoms with van der Waals surface area (Å²) >= 11 is 0. The number of nitriles is 1. The summed E-state index contributed by atoms with van der Waals surface area (Å²) in [6, 6.07) is 18.5. The van der Waals surface area contributed by atoms with Gasteiger partial charge in [0.25, 0.3) is 0 Å². The Balaban J connectivity index is 1.49. The van der Waals surface area contributed by atoms with Gasteiger partial charge in [0.2, 0.25) is 11.8 Å². The molecule has 5 aromatic rings. The fourth-order valence-corrected chi connectivity index (χ4v) is 4.59. The molecule has 0 saturated heterocycles. The van der Waals surface area contributed by atoms with Gasteiger partial charge in [0, 0.05) is 31.0 Å². The molecule has 39 heavy (non-hydrogen) atoms. The lowest BCUT2D eigenvalue weighted by atomic mass is 9.97. The Bertz CT molecular complexity index is 1790.